The van der Waals surface area contributed by atoms with Gasteiger partial charge in [-0.15, -0.1) is 0 Å². The van der Waals surface area contributed by atoms with Crippen molar-refractivity contribution in [3.05, 3.63) is 95.9 Å². The summed E-state index contributed by atoms with van der Waals surface area (Å²) < 4.78 is 38.0. The maximum Gasteiger partial charge on any atom is 0.329 e. The van der Waals surface area contributed by atoms with Crippen molar-refractivity contribution < 1.29 is 32.7 Å². The summed E-state index contributed by atoms with van der Waals surface area (Å²) in [5.41, 5.74) is 2.56. The minimum atomic E-state index is -1.37. The normalized spacial score (nSPS) is 14.7. The fourth-order valence-electron chi connectivity index (χ4n) is 9.09. The molecule has 17 nitrogen and oxygen atoms in total. The number of halogens is 2. The van der Waals surface area contributed by atoms with Gasteiger partial charge in [0.2, 0.25) is 11.8 Å². The first-order valence-electron chi connectivity index (χ1n) is 23.6. The van der Waals surface area contributed by atoms with Crippen molar-refractivity contribution in [3.8, 4) is 22.9 Å². The first-order chi connectivity index (χ1) is 33.5. The van der Waals surface area contributed by atoms with Crippen molar-refractivity contribution in [3.63, 3.8) is 0 Å². The molecule has 2 saturated heterocycles. The standard InChI is InChI=1S/C50H56F2N12O5/c1-3-69-37-28-39(45-34(29-53)31-57-64(45)32-37)33-12-17-43(56-30-33)62-24-19-50(20-25-62,59-47(66)40-26-35(51)13-16-41(40)52)48(67)55-22-11-9-7-5-4-6-8-10-21-54-36-14-15-38-42(27-36)61(2)60-46(38)63-23-18-44(65)58-49(63)68/h12-17,26-28,30-32,54H,3-11,18-25H2,1-2H3,(H,55,67)(H,59,66)(H,58,65,68). The third-order valence-corrected chi connectivity index (χ3v) is 12.8. The predicted octanol–water partition coefficient (Wildman–Crippen LogP) is 7.40. The average Bonchev–Trinajstić information content (AvgIpc) is 3.92. The highest BCUT2D eigenvalue weighted by atomic mass is 19.1. The Kier molecular flexibility index (Phi) is 15.0. The van der Waals surface area contributed by atoms with Crippen LogP contribution in [-0.4, -0.2) is 93.0 Å². The quantitative estimate of drug-likeness (QED) is 0.0556. The van der Waals surface area contributed by atoms with Crippen LogP contribution in [0, 0.1) is 23.0 Å². The van der Waals surface area contributed by atoms with Crippen LogP contribution < -0.4 is 35.8 Å². The lowest BCUT2D eigenvalue weighted by Crippen LogP contribution is -2.63. The van der Waals surface area contributed by atoms with Gasteiger partial charge in [-0.3, -0.25) is 29.3 Å². The van der Waals surface area contributed by atoms with Crippen molar-refractivity contribution in [2.45, 2.75) is 83.1 Å². The number of imide groups is 1. The van der Waals surface area contributed by atoms with Crippen molar-refractivity contribution in [2.24, 2.45) is 7.05 Å². The van der Waals surface area contributed by atoms with Gasteiger partial charge in [-0.1, -0.05) is 38.5 Å². The van der Waals surface area contributed by atoms with Crippen LogP contribution in [0.3, 0.4) is 0 Å². The maximum atomic E-state index is 14.8. The monoisotopic (exact) mass is 942 g/mol. The molecule has 19 heteroatoms. The predicted molar refractivity (Wildman–Crippen MR) is 257 cm³/mol. The number of unbranched alkanes of at least 4 members (excludes halogenated alkanes) is 7. The van der Waals surface area contributed by atoms with E-state index in [1.54, 1.807) is 21.6 Å². The summed E-state index contributed by atoms with van der Waals surface area (Å²) in [6.07, 6.45) is 13.6. The first kappa shape index (κ1) is 47.9. The lowest BCUT2D eigenvalue weighted by atomic mass is 9.85. The summed E-state index contributed by atoms with van der Waals surface area (Å²) in [5, 5.41) is 31.1. The Hall–Kier alpha value is -7.62. The van der Waals surface area contributed by atoms with E-state index in [1.165, 1.54) is 11.1 Å². The average molecular weight is 943 g/mol. The Balaban J connectivity index is 0.787. The highest BCUT2D eigenvalue weighted by Gasteiger charge is 2.43. The van der Waals surface area contributed by atoms with Gasteiger partial charge in [-0.25, -0.2) is 23.1 Å². The van der Waals surface area contributed by atoms with E-state index >= 15 is 0 Å². The van der Waals surface area contributed by atoms with E-state index in [-0.39, 0.29) is 31.1 Å². The lowest BCUT2D eigenvalue weighted by Gasteiger charge is -2.41. The number of hydrogen-bond donors (Lipinski definition) is 4. The van der Waals surface area contributed by atoms with Gasteiger partial charge >= 0.3 is 6.03 Å². The number of carbonyl (C=O) groups is 4. The number of hydrogen-bond acceptors (Lipinski definition) is 11. The Morgan fingerprint density at radius 2 is 1.67 bits per heavy atom. The number of benzene rings is 2. The number of urea groups is 1. The minimum Gasteiger partial charge on any atom is -0.492 e. The molecule has 360 valence electrons. The fraction of sp³-hybridized carbons (Fsp3) is 0.400. The number of rotatable bonds is 20. The summed E-state index contributed by atoms with van der Waals surface area (Å²) in [6.45, 7) is 4.56. The molecule has 0 aliphatic carbocycles. The number of aryl methyl sites for hydroxylation is 1. The van der Waals surface area contributed by atoms with Crippen LogP contribution in [0.25, 0.3) is 27.5 Å². The van der Waals surface area contributed by atoms with E-state index in [1.807, 2.05) is 55.3 Å². The third kappa shape index (κ3) is 10.9. The number of piperidine rings is 1. The maximum absolute atomic E-state index is 14.8. The van der Waals surface area contributed by atoms with Crippen LogP contribution in [0.5, 0.6) is 5.75 Å². The fourth-order valence-corrected chi connectivity index (χ4v) is 9.09. The SMILES string of the molecule is CCOc1cc(-c2ccc(N3CCC(NC(=O)c4cc(F)ccc4F)(C(=O)NCCCCCCCCCCNc4ccc5c(N6CCC(=O)NC6=O)nn(C)c5c4)CC3)nc2)c2c(C#N)cnn2c1. The summed E-state index contributed by atoms with van der Waals surface area (Å²) >= 11 is 0. The Labute approximate surface area is 398 Å². The number of nitriles is 1. The second-order valence-corrected chi connectivity index (χ2v) is 17.5. The van der Waals surface area contributed by atoms with Gasteiger partial charge in [0.05, 0.1) is 41.2 Å². The number of fused-ring (bicyclic) bond motifs is 2. The van der Waals surface area contributed by atoms with Crippen molar-refractivity contribution in [1.82, 2.24) is 40.3 Å². The van der Waals surface area contributed by atoms with Crippen molar-refractivity contribution >= 4 is 57.5 Å². The second kappa shape index (κ2) is 21.6. The van der Waals surface area contributed by atoms with Crippen LogP contribution in [0.2, 0.25) is 0 Å². The van der Waals surface area contributed by atoms with Gasteiger partial charge in [0.15, 0.2) is 5.82 Å². The molecule has 6 heterocycles. The zero-order valence-electron chi connectivity index (χ0n) is 38.8. The summed E-state index contributed by atoms with van der Waals surface area (Å²) in [4.78, 5) is 59.7. The zero-order valence-corrected chi connectivity index (χ0v) is 38.8. The number of nitrogens with zero attached hydrogens (tertiary/aromatic N) is 8. The third-order valence-electron chi connectivity index (χ3n) is 12.8. The van der Waals surface area contributed by atoms with E-state index in [2.05, 4.69) is 37.5 Å². The number of anilines is 3. The largest absolute Gasteiger partial charge is 0.492 e. The van der Waals surface area contributed by atoms with E-state index in [4.69, 9.17) is 9.72 Å². The number of nitrogens with one attached hydrogen (secondary N) is 4. The summed E-state index contributed by atoms with van der Waals surface area (Å²) in [6, 6.07) is 16.0. The molecule has 0 radical (unpaired) electrons. The second-order valence-electron chi connectivity index (χ2n) is 17.5. The Morgan fingerprint density at radius 3 is 2.38 bits per heavy atom. The molecule has 2 fully saturated rings. The van der Waals surface area contributed by atoms with Crippen LogP contribution in [0.1, 0.15) is 93.5 Å². The number of amides is 5. The molecule has 4 aromatic heterocycles. The van der Waals surface area contributed by atoms with Crippen LogP contribution >= 0.6 is 0 Å². The molecule has 0 atom stereocenters. The molecule has 0 saturated carbocycles. The summed E-state index contributed by atoms with van der Waals surface area (Å²) in [5.74, 6) is -1.37. The van der Waals surface area contributed by atoms with Crippen molar-refractivity contribution in [1.29, 1.82) is 5.26 Å². The molecule has 2 aliphatic rings. The minimum absolute atomic E-state index is 0.199. The van der Waals surface area contributed by atoms with Gasteiger partial charge in [0.1, 0.15) is 34.8 Å². The molecule has 5 amide bonds. The Bertz CT molecular complexity index is 2890. The van der Waals surface area contributed by atoms with E-state index in [9.17, 15) is 33.2 Å². The number of carbonyl (C=O) groups excluding carboxylic acids is 4. The lowest BCUT2D eigenvalue weighted by molar-refractivity contribution is -0.128. The van der Waals surface area contributed by atoms with Crippen LogP contribution in [0.15, 0.2) is 73.2 Å². The van der Waals surface area contributed by atoms with E-state index in [0.717, 1.165) is 104 Å². The highest BCUT2D eigenvalue weighted by molar-refractivity contribution is 6.09. The zero-order chi connectivity index (χ0) is 48.5. The van der Waals surface area contributed by atoms with E-state index < -0.39 is 34.7 Å². The Morgan fingerprint density at radius 1 is 0.913 bits per heavy atom. The molecular formula is C50H56F2N12O5. The molecule has 0 unspecified atom stereocenters. The van der Waals surface area contributed by atoms with Gasteiger partial charge in [-0.2, -0.15) is 15.5 Å². The van der Waals surface area contributed by atoms with Crippen molar-refractivity contribution in [2.75, 3.05) is 54.4 Å². The smallest absolute Gasteiger partial charge is 0.329 e. The van der Waals surface area contributed by atoms with Gasteiger partial charge < -0.3 is 25.6 Å². The van der Waals surface area contributed by atoms with Crippen LogP contribution in [-0.2, 0) is 16.6 Å². The van der Waals surface area contributed by atoms with Gasteiger partial charge in [-0.05, 0) is 87.2 Å². The topological polar surface area (TPSA) is 204 Å². The number of aromatic nitrogens is 5. The molecular weight excluding hydrogens is 887 g/mol. The molecule has 0 bridgehead atoms. The number of ether oxygens (including phenoxy) is 1. The molecule has 69 heavy (non-hydrogen) atoms. The molecule has 2 aromatic carbocycles. The molecule has 2 aliphatic heterocycles. The van der Waals surface area contributed by atoms with Gasteiger partial charge in [0.25, 0.3) is 5.91 Å². The van der Waals surface area contributed by atoms with E-state index in [0.29, 0.717) is 61.3 Å². The molecule has 0 spiro atoms. The first-order valence-corrected chi connectivity index (χ1v) is 23.6. The molecule has 6 aromatic rings. The molecule has 4 N–H and O–H groups in total. The van der Waals surface area contributed by atoms with Crippen LogP contribution in [0.4, 0.5) is 30.9 Å². The van der Waals surface area contributed by atoms with Gasteiger partial charge in [0, 0.05) is 74.6 Å². The highest BCUT2D eigenvalue weighted by Crippen LogP contribution is 2.33. The number of pyridine rings is 2. The summed E-state index contributed by atoms with van der Waals surface area (Å²) in [7, 11) is 1.84. The molecule has 8 rings (SSSR count).